The van der Waals surface area contributed by atoms with Gasteiger partial charge in [0.25, 0.3) is 5.91 Å². The summed E-state index contributed by atoms with van der Waals surface area (Å²) in [5, 5.41) is 2.81. The minimum atomic E-state index is -0.549. The highest BCUT2D eigenvalue weighted by Crippen LogP contribution is 2.22. The normalized spacial score (nSPS) is 10.4. The third-order valence-electron chi connectivity index (χ3n) is 3.77. The number of halogens is 2. The van der Waals surface area contributed by atoms with E-state index in [9.17, 15) is 9.18 Å². The predicted octanol–water partition coefficient (Wildman–Crippen LogP) is 5.09. The zero-order chi connectivity index (χ0) is 18.4. The molecule has 5 heteroatoms. The molecule has 0 bridgehead atoms. The van der Waals surface area contributed by atoms with Gasteiger partial charge < -0.3 is 10.1 Å². The van der Waals surface area contributed by atoms with Crippen molar-refractivity contribution in [1.29, 1.82) is 0 Å². The number of hydrogen-bond donors (Lipinski definition) is 1. The molecule has 0 radical (unpaired) electrons. The third-order valence-corrected chi connectivity index (χ3v) is 4.01. The van der Waals surface area contributed by atoms with Crippen molar-refractivity contribution in [1.82, 2.24) is 0 Å². The van der Waals surface area contributed by atoms with Crippen LogP contribution in [0.2, 0.25) is 5.02 Å². The summed E-state index contributed by atoms with van der Waals surface area (Å²) < 4.78 is 19.3. The Morgan fingerprint density at radius 2 is 1.73 bits per heavy atom. The second kappa shape index (κ2) is 8.50. The third kappa shape index (κ3) is 4.83. The number of carbonyl (C=O) groups excluding carboxylic acids is 1. The van der Waals surface area contributed by atoms with Gasteiger partial charge in [-0.1, -0.05) is 60.1 Å². The van der Waals surface area contributed by atoms with Crippen LogP contribution in [0.25, 0.3) is 0 Å². The van der Waals surface area contributed by atoms with E-state index in [1.807, 2.05) is 54.6 Å². The van der Waals surface area contributed by atoms with Gasteiger partial charge in [0.1, 0.15) is 11.6 Å². The van der Waals surface area contributed by atoms with Crippen LogP contribution in [0.15, 0.2) is 72.8 Å². The first kappa shape index (κ1) is 18.0. The van der Waals surface area contributed by atoms with Crippen LogP contribution >= 0.6 is 11.6 Å². The molecule has 132 valence electrons. The molecule has 3 aromatic rings. The lowest BCUT2D eigenvalue weighted by molar-refractivity contribution is -0.118. The molecule has 3 aromatic carbocycles. The molecule has 26 heavy (non-hydrogen) atoms. The number of benzene rings is 3. The van der Waals surface area contributed by atoms with Crippen LogP contribution in [0.4, 0.5) is 10.1 Å². The van der Waals surface area contributed by atoms with E-state index in [-0.39, 0.29) is 12.3 Å². The molecular weight excluding hydrogens is 353 g/mol. The number of rotatable bonds is 6. The molecule has 0 atom stereocenters. The fourth-order valence-electron chi connectivity index (χ4n) is 2.53. The van der Waals surface area contributed by atoms with Gasteiger partial charge in [-0.3, -0.25) is 4.79 Å². The van der Waals surface area contributed by atoms with Crippen molar-refractivity contribution in [2.24, 2.45) is 0 Å². The Morgan fingerprint density at radius 1 is 1.00 bits per heavy atom. The maximum atomic E-state index is 13.7. The van der Waals surface area contributed by atoms with Gasteiger partial charge in [0, 0.05) is 11.4 Å². The maximum Gasteiger partial charge on any atom is 0.262 e. The Kier molecular flexibility index (Phi) is 5.87. The van der Waals surface area contributed by atoms with Gasteiger partial charge in [0.2, 0.25) is 0 Å². The molecule has 3 rings (SSSR count). The topological polar surface area (TPSA) is 38.3 Å². The summed E-state index contributed by atoms with van der Waals surface area (Å²) in [6, 6.07) is 21.5. The van der Waals surface area contributed by atoms with E-state index in [2.05, 4.69) is 5.32 Å². The zero-order valence-electron chi connectivity index (χ0n) is 13.9. The lowest BCUT2D eigenvalue weighted by Gasteiger charge is -2.12. The van der Waals surface area contributed by atoms with E-state index in [0.29, 0.717) is 17.2 Å². The van der Waals surface area contributed by atoms with Gasteiger partial charge in [0.15, 0.2) is 6.61 Å². The first-order valence-electron chi connectivity index (χ1n) is 8.11. The van der Waals surface area contributed by atoms with Crippen molar-refractivity contribution in [3.63, 3.8) is 0 Å². The van der Waals surface area contributed by atoms with Crippen LogP contribution in [0, 0.1) is 5.82 Å². The number of ether oxygens (including phenoxy) is 1. The van der Waals surface area contributed by atoms with E-state index in [1.165, 1.54) is 18.2 Å². The molecule has 0 saturated carbocycles. The summed E-state index contributed by atoms with van der Waals surface area (Å²) in [4.78, 5) is 12.1. The van der Waals surface area contributed by atoms with E-state index in [1.54, 1.807) is 0 Å². The second-order valence-corrected chi connectivity index (χ2v) is 6.17. The van der Waals surface area contributed by atoms with E-state index in [0.717, 1.165) is 11.1 Å². The fourth-order valence-corrected chi connectivity index (χ4v) is 2.70. The smallest absolute Gasteiger partial charge is 0.262 e. The molecule has 1 amide bonds. The number of nitrogens with one attached hydrogen (secondary N) is 1. The lowest BCUT2D eigenvalue weighted by atomic mass is 10.0. The quantitative estimate of drug-likeness (QED) is 0.657. The lowest BCUT2D eigenvalue weighted by Crippen LogP contribution is -2.21. The van der Waals surface area contributed by atoms with Crippen molar-refractivity contribution in [3.05, 3.63) is 94.8 Å². The summed E-state index contributed by atoms with van der Waals surface area (Å²) in [5.74, 6) is -0.383. The van der Waals surface area contributed by atoms with Gasteiger partial charge in [-0.05, 0) is 35.4 Å². The van der Waals surface area contributed by atoms with E-state index >= 15 is 0 Å². The molecule has 0 aliphatic heterocycles. The van der Waals surface area contributed by atoms with Gasteiger partial charge in [-0.2, -0.15) is 0 Å². The first-order chi connectivity index (χ1) is 12.6. The van der Waals surface area contributed by atoms with Crippen LogP contribution in [-0.2, 0) is 11.2 Å². The number of hydrogen-bond acceptors (Lipinski definition) is 2. The van der Waals surface area contributed by atoms with Gasteiger partial charge >= 0.3 is 0 Å². The van der Waals surface area contributed by atoms with Gasteiger partial charge in [-0.25, -0.2) is 4.39 Å². The zero-order valence-corrected chi connectivity index (χ0v) is 14.7. The van der Waals surface area contributed by atoms with Gasteiger partial charge in [-0.15, -0.1) is 0 Å². The summed E-state index contributed by atoms with van der Waals surface area (Å²) in [7, 11) is 0. The minimum absolute atomic E-state index is 0.0312. The van der Waals surface area contributed by atoms with Crippen molar-refractivity contribution < 1.29 is 13.9 Å². The number of amides is 1. The number of anilines is 1. The Morgan fingerprint density at radius 3 is 2.54 bits per heavy atom. The standard InChI is InChI=1S/C21H17ClFNO2/c22-17-10-11-18(23)19(13-17)24-21(25)14-26-20-9-5-4-8-16(20)12-15-6-2-1-3-7-15/h1-11,13H,12,14H2,(H,24,25). The summed E-state index contributed by atoms with van der Waals surface area (Å²) in [6.07, 6.45) is 0.696. The molecule has 1 N–H and O–H groups in total. The minimum Gasteiger partial charge on any atom is -0.483 e. The van der Waals surface area contributed by atoms with Crippen LogP contribution in [0.1, 0.15) is 11.1 Å². The fraction of sp³-hybridized carbons (Fsp3) is 0.0952. The average Bonchev–Trinajstić information content (AvgIpc) is 2.65. The summed E-state index contributed by atoms with van der Waals surface area (Å²) >= 11 is 5.82. The molecule has 0 aliphatic carbocycles. The van der Waals surface area contributed by atoms with Crippen LogP contribution < -0.4 is 10.1 Å². The summed E-state index contributed by atoms with van der Waals surface area (Å²) in [6.45, 7) is -0.224. The molecule has 0 aliphatic rings. The molecule has 0 unspecified atom stereocenters. The Hall–Kier alpha value is -2.85. The van der Waals surface area contributed by atoms with E-state index < -0.39 is 11.7 Å². The monoisotopic (exact) mass is 369 g/mol. The van der Waals surface area contributed by atoms with Gasteiger partial charge in [0.05, 0.1) is 5.69 Å². The highest BCUT2D eigenvalue weighted by Gasteiger charge is 2.10. The number of carbonyl (C=O) groups is 1. The molecular formula is C21H17ClFNO2. The Labute approximate surface area is 156 Å². The largest absolute Gasteiger partial charge is 0.483 e. The van der Waals surface area contributed by atoms with Crippen molar-refractivity contribution in [3.8, 4) is 5.75 Å². The summed E-state index contributed by atoms with van der Waals surface area (Å²) in [5.41, 5.74) is 2.15. The molecule has 0 spiro atoms. The molecule has 3 nitrogen and oxygen atoms in total. The van der Waals surface area contributed by atoms with Crippen LogP contribution in [0.5, 0.6) is 5.75 Å². The highest BCUT2D eigenvalue weighted by molar-refractivity contribution is 6.30. The maximum absolute atomic E-state index is 13.7. The molecule has 0 fully saturated rings. The Bertz CT molecular complexity index is 900. The first-order valence-corrected chi connectivity index (χ1v) is 8.49. The predicted molar refractivity (Wildman–Crippen MR) is 101 cm³/mol. The Balaban J connectivity index is 1.64. The molecule has 0 saturated heterocycles. The number of para-hydroxylation sites is 1. The SMILES string of the molecule is O=C(COc1ccccc1Cc1ccccc1)Nc1cc(Cl)ccc1F. The van der Waals surface area contributed by atoms with Crippen molar-refractivity contribution in [2.45, 2.75) is 6.42 Å². The average molecular weight is 370 g/mol. The van der Waals surface area contributed by atoms with Crippen molar-refractivity contribution >= 4 is 23.2 Å². The van der Waals surface area contributed by atoms with E-state index in [4.69, 9.17) is 16.3 Å². The molecule has 0 heterocycles. The van der Waals surface area contributed by atoms with Crippen LogP contribution in [-0.4, -0.2) is 12.5 Å². The van der Waals surface area contributed by atoms with Crippen LogP contribution in [0.3, 0.4) is 0 Å². The molecule has 0 aromatic heterocycles. The van der Waals surface area contributed by atoms with Crippen molar-refractivity contribution in [2.75, 3.05) is 11.9 Å². The second-order valence-electron chi connectivity index (χ2n) is 5.73. The highest BCUT2D eigenvalue weighted by atomic mass is 35.5.